The molecule has 21 heavy (non-hydrogen) atoms. The Morgan fingerprint density at radius 1 is 0.952 bits per heavy atom. The van der Waals surface area contributed by atoms with Gasteiger partial charge in [-0.3, -0.25) is 4.39 Å². The van der Waals surface area contributed by atoms with Crippen molar-refractivity contribution in [3.8, 4) is 0 Å². The van der Waals surface area contributed by atoms with Crippen LogP contribution in [0, 0.1) is 24.5 Å². The number of hydrogen-bond acceptors (Lipinski definition) is 0. The molecule has 0 bridgehead atoms. The zero-order valence-electron chi connectivity index (χ0n) is 12.8. The molecule has 118 valence electrons. The second-order valence-corrected chi connectivity index (χ2v) is 6.37. The maximum absolute atomic E-state index is 13.6. The lowest BCUT2D eigenvalue weighted by molar-refractivity contribution is 0.299. The van der Waals surface area contributed by atoms with Crippen LogP contribution in [-0.2, 0) is 0 Å². The molecule has 0 radical (unpaired) electrons. The molecule has 0 aliphatic heterocycles. The quantitative estimate of drug-likeness (QED) is 0.558. The number of unbranched alkanes of at least 4 members (excludes halogenated alkanes) is 2. The summed E-state index contributed by atoms with van der Waals surface area (Å²) in [7, 11) is 0. The van der Waals surface area contributed by atoms with Crippen molar-refractivity contribution in [1.82, 2.24) is 0 Å². The molecular formula is C18H25F3. The van der Waals surface area contributed by atoms with Gasteiger partial charge in [0.05, 0.1) is 6.67 Å². The summed E-state index contributed by atoms with van der Waals surface area (Å²) >= 11 is 0. The number of benzene rings is 1. The first-order chi connectivity index (χ1) is 10.1. The van der Waals surface area contributed by atoms with Crippen LogP contribution in [0.15, 0.2) is 12.1 Å². The predicted octanol–water partition coefficient (Wildman–Crippen LogP) is 6.08. The van der Waals surface area contributed by atoms with Gasteiger partial charge >= 0.3 is 0 Å². The molecule has 0 atom stereocenters. The molecule has 1 aromatic rings. The molecule has 1 aliphatic rings. The average Bonchev–Trinajstić information content (AvgIpc) is 2.49. The Balaban J connectivity index is 1.84. The van der Waals surface area contributed by atoms with Gasteiger partial charge in [0.15, 0.2) is 0 Å². The highest BCUT2D eigenvalue weighted by atomic mass is 19.1. The largest absolute Gasteiger partial charge is 0.251 e. The van der Waals surface area contributed by atoms with E-state index in [1.807, 2.05) is 0 Å². The summed E-state index contributed by atoms with van der Waals surface area (Å²) in [4.78, 5) is 0. The Labute approximate surface area is 125 Å². The monoisotopic (exact) mass is 298 g/mol. The molecule has 1 aliphatic carbocycles. The third-order valence-corrected chi connectivity index (χ3v) is 4.87. The van der Waals surface area contributed by atoms with Crippen molar-refractivity contribution < 1.29 is 13.2 Å². The second kappa shape index (κ2) is 7.86. The van der Waals surface area contributed by atoms with E-state index in [-0.39, 0.29) is 18.2 Å². The van der Waals surface area contributed by atoms with Gasteiger partial charge in [0, 0.05) is 5.56 Å². The van der Waals surface area contributed by atoms with E-state index in [1.54, 1.807) is 0 Å². The predicted molar refractivity (Wildman–Crippen MR) is 80.2 cm³/mol. The minimum atomic E-state index is -0.432. The van der Waals surface area contributed by atoms with Crippen molar-refractivity contribution in [2.24, 2.45) is 5.92 Å². The van der Waals surface area contributed by atoms with Crippen LogP contribution in [-0.4, -0.2) is 6.67 Å². The van der Waals surface area contributed by atoms with Crippen LogP contribution < -0.4 is 0 Å². The second-order valence-electron chi connectivity index (χ2n) is 6.37. The van der Waals surface area contributed by atoms with Gasteiger partial charge < -0.3 is 0 Å². The van der Waals surface area contributed by atoms with E-state index < -0.39 is 11.6 Å². The first kappa shape index (κ1) is 16.4. The number of rotatable bonds is 6. The first-order valence-electron chi connectivity index (χ1n) is 8.13. The summed E-state index contributed by atoms with van der Waals surface area (Å²) in [6.45, 7) is 1.26. The fourth-order valence-corrected chi connectivity index (χ4v) is 3.39. The fourth-order valence-electron chi connectivity index (χ4n) is 3.39. The van der Waals surface area contributed by atoms with Gasteiger partial charge in [0.2, 0.25) is 0 Å². The SMILES string of the molecule is Cc1c(F)cc(C2CCC(CCCCCF)CC2)cc1F. The van der Waals surface area contributed by atoms with Gasteiger partial charge in [-0.2, -0.15) is 0 Å². The number of halogens is 3. The molecular weight excluding hydrogens is 273 g/mol. The fraction of sp³-hybridized carbons (Fsp3) is 0.667. The standard InChI is InChI=1S/C18H25F3/c1-13-17(20)11-16(12-18(13)21)15-8-6-14(7-9-15)5-3-2-4-10-19/h11-12,14-15H,2-10H2,1H3. The van der Waals surface area contributed by atoms with E-state index >= 15 is 0 Å². The van der Waals surface area contributed by atoms with Crippen molar-refractivity contribution in [3.05, 3.63) is 34.9 Å². The van der Waals surface area contributed by atoms with Crippen molar-refractivity contribution in [3.63, 3.8) is 0 Å². The molecule has 1 aromatic carbocycles. The van der Waals surface area contributed by atoms with Crippen LogP contribution in [0.1, 0.15) is 68.4 Å². The number of hydrogen-bond donors (Lipinski definition) is 0. The Morgan fingerprint density at radius 2 is 1.57 bits per heavy atom. The van der Waals surface area contributed by atoms with Crippen LogP contribution in [0.4, 0.5) is 13.2 Å². The van der Waals surface area contributed by atoms with Gasteiger partial charge in [-0.1, -0.05) is 19.3 Å². The highest BCUT2D eigenvalue weighted by Gasteiger charge is 2.23. The Bertz CT molecular complexity index is 425. The van der Waals surface area contributed by atoms with Gasteiger partial charge in [-0.15, -0.1) is 0 Å². The van der Waals surface area contributed by atoms with Gasteiger partial charge in [0.1, 0.15) is 11.6 Å². The van der Waals surface area contributed by atoms with Crippen LogP contribution in [0.3, 0.4) is 0 Å². The van der Waals surface area contributed by atoms with Gasteiger partial charge in [-0.05, 0) is 68.6 Å². The zero-order chi connectivity index (χ0) is 15.2. The van der Waals surface area contributed by atoms with Gasteiger partial charge in [-0.25, -0.2) is 8.78 Å². The molecule has 0 unspecified atom stereocenters. The van der Waals surface area contributed by atoms with E-state index in [2.05, 4.69) is 0 Å². The molecule has 1 fully saturated rings. The lowest BCUT2D eigenvalue weighted by Crippen LogP contribution is -2.14. The molecule has 2 rings (SSSR count). The maximum Gasteiger partial charge on any atom is 0.129 e. The lowest BCUT2D eigenvalue weighted by Gasteiger charge is -2.29. The average molecular weight is 298 g/mol. The zero-order valence-corrected chi connectivity index (χ0v) is 12.8. The maximum atomic E-state index is 13.6. The van der Waals surface area contributed by atoms with E-state index in [9.17, 15) is 13.2 Å². The first-order valence-corrected chi connectivity index (χ1v) is 8.13. The Hall–Kier alpha value is -0.990. The minimum Gasteiger partial charge on any atom is -0.251 e. The van der Waals surface area contributed by atoms with Crippen LogP contribution in [0.25, 0.3) is 0 Å². The molecule has 1 saturated carbocycles. The summed E-state index contributed by atoms with van der Waals surface area (Å²) in [5.41, 5.74) is 0.923. The van der Waals surface area contributed by atoms with Crippen molar-refractivity contribution in [2.75, 3.05) is 6.67 Å². The normalized spacial score (nSPS) is 22.5. The number of alkyl halides is 1. The summed E-state index contributed by atoms with van der Waals surface area (Å²) < 4.78 is 39.3. The molecule has 0 N–H and O–H groups in total. The van der Waals surface area contributed by atoms with Crippen LogP contribution >= 0.6 is 0 Å². The minimum absolute atomic E-state index is 0.111. The Morgan fingerprint density at radius 3 is 2.14 bits per heavy atom. The van der Waals surface area contributed by atoms with Crippen LogP contribution in [0.5, 0.6) is 0 Å². The van der Waals surface area contributed by atoms with Crippen LogP contribution in [0.2, 0.25) is 0 Å². The smallest absolute Gasteiger partial charge is 0.129 e. The van der Waals surface area contributed by atoms with Crippen molar-refractivity contribution in [1.29, 1.82) is 0 Å². The molecule has 0 spiro atoms. The van der Waals surface area contributed by atoms with E-state index in [1.165, 1.54) is 25.5 Å². The third kappa shape index (κ3) is 4.49. The Kier molecular flexibility index (Phi) is 6.13. The third-order valence-electron chi connectivity index (χ3n) is 4.87. The summed E-state index contributed by atoms with van der Waals surface area (Å²) in [6.07, 6.45) is 8.19. The topological polar surface area (TPSA) is 0 Å². The van der Waals surface area contributed by atoms with Gasteiger partial charge in [0.25, 0.3) is 0 Å². The van der Waals surface area contributed by atoms with E-state index in [0.29, 0.717) is 12.3 Å². The van der Waals surface area contributed by atoms with Crippen molar-refractivity contribution >= 4 is 0 Å². The van der Waals surface area contributed by atoms with Crippen molar-refractivity contribution in [2.45, 2.75) is 64.2 Å². The van der Waals surface area contributed by atoms with E-state index in [0.717, 1.165) is 44.1 Å². The molecule has 0 nitrogen and oxygen atoms in total. The highest BCUT2D eigenvalue weighted by molar-refractivity contribution is 5.28. The summed E-state index contributed by atoms with van der Waals surface area (Å²) in [5, 5.41) is 0. The lowest BCUT2D eigenvalue weighted by atomic mass is 9.77. The molecule has 0 aromatic heterocycles. The molecule has 3 heteroatoms. The van der Waals surface area contributed by atoms with E-state index in [4.69, 9.17) is 0 Å². The molecule has 0 heterocycles. The summed E-state index contributed by atoms with van der Waals surface area (Å²) in [5.74, 6) is 0.134. The molecule has 0 saturated heterocycles. The molecule has 0 amide bonds. The summed E-state index contributed by atoms with van der Waals surface area (Å²) in [6, 6.07) is 3.01. The highest BCUT2D eigenvalue weighted by Crippen LogP contribution is 2.38.